The van der Waals surface area contributed by atoms with Crippen LogP contribution >= 0.6 is 0 Å². The van der Waals surface area contributed by atoms with Gasteiger partial charge in [0.05, 0.1) is 11.0 Å². The van der Waals surface area contributed by atoms with Crippen molar-refractivity contribution in [1.82, 2.24) is 19.7 Å². The largest absolute Gasteiger partial charge is 0.350 e. The van der Waals surface area contributed by atoms with E-state index < -0.39 is 4.92 Å². The molecule has 3 aromatic rings. The number of carbonyl (C=O) groups is 1. The maximum absolute atomic E-state index is 12.2. The van der Waals surface area contributed by atoms with Crippen molar-refractivity contribution in [3.63, 3.8) is 0 Å². The van der Waals surface area contributed by atoms with E-state index in [0.29, 0.717) is 0 Å². The number of rotatable bonds is 7. The summed E-state index contributed by atoms with van der Waals surface area (Å²) in [5.41, 5.74) is 1.94. The Morgan fingerprint density at radius 3 is 2.77 bits per heavy atom. The molecule has 0 aliphatic heterocycles. The predicted octanol–water partition coefficient (Wildman–Crippen LogP) is 2.85. The van der Waals surface area contributed by atoms with Crippen LogP contribution in [0, 0.1) is 10.1 Å². The van der Waals surface area contributed by atoms with E-state index in [9.17, 15) is 14.9 Å². The summed E-state index contributed by atoms with van der Waals surface area (Å²) in [5, 5.41) is 17.5. The van der Waals surface area contributed by atoms with Crippen molar-refractivity contribution >= 4 is 11.6 Å². The van der Waals surface area contributed by atoms with E-state index in [1.54, 1.807) is 0 Å². The second kappa shape index (κ2) is 7.64. The Hall–Kier alpha value is -3.42. The van der Waals surface area contributed by atoms with E-state index >= 15 is 0 Å². The van der Waals surface area contributed by atoms with Gasteiger partial charge in [0, 0.05) is 31.0 Å². The van der Waals surface area contributed by atoms with Crippen LogP contribution in [0.15, 0.2) is 61.2 Å². The number of amides is 1. The molecule has 0 saturated carbocycles. The molecule has 1 atom stereocenters. The smallest absolute Gasteiger partial charge is 0.306 e. The van der Waals surface area contributed by atoms with Crippen molar-refractivity contribution in [3.8, 4) is 5.69 Å². The van der Waals surface area contributed by atoms with Crippen molar-refractivity contribution in [2.75, 3.05) is 0 Å². The molecule has 3 rings (SSSR count). The van der Waals surface area contributed by atoms with Crippen LogP contribution in [0.4, 0.5) is 5.69 Å². The number of nitrogens with zero attached hydrogens (tertiary/aromatic N) is 4. The van der Waals surface area contributed by atoms with E-state index in [0.717, 1.165) is 11.3 Å². The molecule has 8 heteroatoms. The van der Waals surface area contributed by atoms with Crippen molar-refractivity contribution in [2.24, 2.45) is 0 Å². The molecule has 0 aliphatic carbocycles. The van der Waals surface area contributed by atoms with Gasteiger partial charge < -0.3 is 9.88 Å². The number of nitrogens with one attached hydrogen (secondary N) is 1. The summed E-state index contributed by atoms with van der Waals surface area (Å²) in [4.78, 5) is 22.3. The zero-order chi connectivity index (χ0) is 18.5. The van der Waals surface area contributed by atoms with Crippen molar-refractivity contribution in [2.45, 2.75) is 25.9 Å². The molecule has 0 bridgehead atoms. The third kappa shape index (κ3) is 4.15. The minimum atomic E-state index is -0.511. The third-order valence-corrected chi connectivity index (χ3v) is 4.05. The quantitative estimate of drug-likeness (QED) is 0.522. The first-order valence-electron chi connectivity index (χ1n) is 8.22. The molecule has 134 valence electrons. The molecule has 0 spiro atoms. The summed E-state index contributed by atoms with van der Waals surface area (Å²) in [7, 11) is 0. The fraction of sp³-hybridized carbons (Fsp3) is 0.222. The van der Waals surface area contributed by atoms with E-state index in [4.69, 9.17) is 0 Å². The number of aromatic nitrogens is 3. The van der Waals surface area contributed by atoms with Gasteiger partial charge in [-0.1, -0.05) is 12.1 Å². The van der Waals surface area contributed by atoms with Crippen molar-refractivity contribution < 1.29 is 9.72 Å². The third-order valence-electron chi connectivity index (χ3n) is 4.05. The van der Waals surface area contributed by atoms with Crippen LogP contribution in [-0.4, -0.2) is 25.2 Å². The Morgan fingerprint density at radius 2 is 2.08 bits per heavy atom. The number of carbonyl (C=O) groups excluding carboxylic acids is 1. The maximum atomic E-state index is 12.2. The lowest BCUT2D eigenvalue weighted by molar-refractivity contribution is -0.385. The Balaban J connectivity index is 1.57. The van der Waals surface area contributed by atoms with Crippen LogP contribution in [0.3, 0.4) is 0 Å². The fourth-order valence-electron chi connectivity index (χ4n) is 2.64. The average molecular weight is 353 g/mol. The average Bonchev–Trinajstić information content (AvgIpc) is 3.32. The lowest BCUT2D eigenvalue weighted by atomic mass is 10.1. The van der Waals surface area contributed by atoms with Gasteiger partial charge in [0.25, 0.3) is 0 Å². The zero-order valence-corrected chi connectivity index (χ0v) is 14.3. The summed E-state index contributed by atoms with van der Waals surface area (Å²) >= 11 is 0. The van der Waals surface area contributed by atoms with Crippen LogP contribution in [0.2, 0.25) is 0 Å². The molecule has 2 heterocycles. The minimum Gasteiger partial charge on any atom is -0.350 e. The Morgan fingerprint density at radius 1 is 1.31 bits per heavy atom. The standard InChI is InChI=1S/C18H19N5O3/c1-14(15-5-4-6-16(11-15)21-8-2-3-9-21)20-18(24)7-10-22-13-17(12-19-22)23(25)26/h2-6,8-9,11-14H,7,10H2,1H3,(H,20,24). The van der Waals surface area contributed by atoms with Crippen LogP contribution in [0.5, 0.6) is 0 Å². The second-order valence-corrected chi connectivity index (χ2v) is 5.94. The molecule has 1 unspecified atom stereocenters. The summed E-state index contributed by atoms with van der Waals surface area (Å²) < 4.78 is 3.40. The highest BCUT2D eigenvalue weighted by molar-refractivity contribution is 5.76. The molecule has 0 radical (unpaired) electrons. The first-order chi connectivity index (χ1) is 12.5. The van der Waals surface area contributed by atoms with E-state index in [1.807, 2.05) is 60.3 Å². The molecule has 8 nitrogen and oxygen atoms in total. The number of hydrogen-bond acceptors (Lipinski definition) is 4. The zero-order valence-electron chi connectivity index (χ0n) is 14.3. The summed E-state index contributed by atoms with van der Waals surface area (Å²) in [6.07, 6.45) is 6.61. The lowest BCUT2D eigenvalue weighted by Gasteiger charge is -2.16. The monoisotopic (exact) mass is 353 g/mol. The van der Waals surface area contributed by atoms with Gasteiger partial charge in [-0.2, -0.15) is 5.10 Å². The van der Waals surface area contributed by atoms with Crippen LogP contribution in [0.1, 0.15) is 24.9 Å². The van der Waals surface area contributed by atoms with Gasteiger partial charge >= 0.3 is 5.69 Å². The maximum Gasteiger partial charge on any atom is 0.306 e. The number of hydrogen-bond donors (Lipinski definition) is 1. The van der Waals surface area contributed by atoms with Gasteiger partial charge in [0.15, 0.2) is 0 Å². The van der Waals surface area contributed by atoms with Crippen LogP contribution in [-0.2, 0) is 11.3 Å². The topological polar surface area (TPSA) is 95.0 Å². The molecule has 26 heavy (non-hydrogen) atoms. The van der Waals surface area contributed by atoms with E-state index in [-0.39, 0.29) is 30.6 Å². The number of benzene rings is 1. The van der Waals surface area contributed by atoms with Gasteiger partial charge in [-0.25, -0.2) is 0 Å². The molecule has 1 amide bonds. The second-order valence-electron chi connectivity index (χ2n) is 5.94. The predicted molar refractivity (Wildman–Crippen MR) is 95.8 cm³/mol. The van der Waals surface area contributed by atoms with Crippen LogP contribution < -0.4 is 5.32 Å². The number of nitro groups is 1. The van der Waals surface area contributed by atoms with Gasteiger partial charge in [-0.05, 0) is 36.8 Å². The molecule has 0 saturated heterocycles. The number of aryl methyl sites for hydroxylation is 1. The Labute approximate surface area is 150 Å². The molecule has 0 fully saturated rings. The summed E-state index contributed by atoms with van der Waals surface area (Å²) in [6.45, 7) is 2.21. The van der Waals surface area contributed by atoms with Crippen LogP contribution in [0.25, 0.3) is 5.69 Å². The van der Waals surface area contributed by atoms with E-state index in [1.165, 1.54) is 17.1 Å². The minimum absolute atomic E-state index is 0.0828. The fourth-order valence-corrected chi connectivity index (χ4v) is 2.64. The molecular weight excluding hydrogens is 334 g/mol. The van der Waals surface area contributed by atoms with Gasteiger partial charge in [0.1, 0.15) is 12.4 Å². The molecule has 0 aliphatic rings. The molecule has 2 aromatic heterocycles. The van der Waals surface area contributed by atoms with Crippen molar-refractivity contribution in [1.29, 1.82) is 0 Å². The molecule has 1 aromatic carbocycles. The van der Waals surface area contributed by atoms with Gasteiger partial charge in [-0.3, -0.25) is 19.6 Å². The van der Waals surface area contributed by atoms with Crippen molar-refractivity contribution in [3.05, 3.63) is 76.9 Å². The highest BCUT2D eigenvalue weighted by atomic mass is 16.6. The molecular formula is C18H19N5O3. The summed E-state index contributed by atoms with van der Waals surface area (Å²) in [5.74, 6) is -0.137. The normalized spacial score (nSPS) is 11.9. The first kappa shape index (κ1) is 17.4. The SMILES string of the molecule is CC(NC(=O)CCn1cc([N+](=O)[O-])cn1)c1cccc(-n2cccc2)c1. The Bertz CT molecular complexity index is 901. The van der Waals surface area contributed by atoms with E-state index in [2.05, 4.69) is 10.4 Å². The van der Waals surface area contributed by atoms with Gasteiger partial charge in [0.2, 0.25) is 5.91 Å². The van der Waals surface area contributed by atoms with Gasteiger partial charge in [-0.15, -0.1) is 0 Å². The Kier molecular flexibility index (Phi) is 5.12. The summed E-state index contributed by atoms with van der Waals surface area (Å²) in [6, 6.07) is 11.7. The first-order valence-corrected chi connectivity index (χ1v) is 8.22. The lowest BCUT2D eigenvalue weighted by Crippen LogP contribution is -2.27. The highest BCUT2D eigenvalue weighted by Gasteiger charge is 2.12. The molecule has 1 N–H and O–H groups in total. The highest BCUT2D eigenvalue weighted by Crippen LogP contribution is 2.17.